The minimum absolute atomic E-state index is 0.122. The van der Waals surface area contributed by atoms with Gasteiger partial charge >= 0.3 is 0 Å². The van der Waals surface area contributed by atoms with Crippen molar-refractivity contribution in [2.75, 3.05) is 13.2 Å². The Balaban J connectivity index is 1.27. The number of allylic oxidation sites excluding steroid dienone is 4. The van der Waals surface area contributed by atoms with Crippen molar-refractivity contribution in [3.05, 3.63) is 84.0 Å². The van der Waals surface area contributed by atoms with Gasteiger partial charge in [-0.2, -0.15) is 4.68 Å². The number of aryl methyl sites for hydroxylation is 1. The monoisotopic (exact) mass is 446 g/mol. The van der Waals surface area contributed by atoms with Gasteiger partial charge in [0.2, 0.25) is 0 Å². The zero-order valence-electron chi connectivity index (χ0n) is 18.4. The molecule has 2 atom stereocenters. The third-order valence-corrected chi connectivity index (χ3v) is 6.00. The van der Waals surface area contributed by atoms with Crippen LogP contribution in [0, 0.1) is 0 Å². The van der Waals surface area contributed by atoms with Crippen molar-refractivity contribution < 1.29 is 9.13 Å². The highest BCUT2D eigenvalue weighted by atomic mass is 19.1. The fraction of sp³-hybridized carbons (Fsp3) is 0.360. The zero-order valence-corrected chi connectivity index (χ0v) is 18.4. The molecule has 7 nitrogen and oxygen atoms in total. The van der Waals surface area contributed by atoms with Gasteiger partial charge < -0.3 is 10.1 Å². The van der Waals surface area contributed by atoms with E-state index in [4.69, 9.17) is 9.72 Å². The second-order valence-electron chi connectivity index (χ2n) is 8.36. The molecule has 2 aliphatic rings. The first-order chi connectivity index (χ1) is 16.3. The van der Waals surface area contributed by atoms with Gasteiger partial charge in [-0.3, -0.25) is 0 Å². The summed E-state index contributed by atoms with van der Waals surface area (Å²) >= 11 is 0. The smallest absolute Gasteiger partial charge is 0.252 e. The van der Waals surface area contributed by atoms with Crippen molar-refractivity contribution in [3.63, 3.8) is 0 Å². The van der Waals surface area contributed by atoms with E-state index in [1.54, 1.807) is 29.2 Å². The molecule has 1 N–H and O–H groups in total. The quantitative estimate of drug-likeness (QED) is 0.588. The van der Waals surface area contributed by atoms with Gasteiger partial charge in [0.25, 0.3) is 5.95 Å². The predicted octanol–water partition coefficient (Wildman–Crippen LogP) is 4.14. The summed E-state index contributed by atoms with van der Waals surface area (Å²) in [5, 5.41) is 8.27. The maximum absolute atomic E-state index is 13.5. The largest absolute Gasteiger partial charge is 0.367 e. The van der Waals surface area contributed by atoms with Gasteiger partial charge in [-0.05, 0) is 49.0 Å². The second kappa shape index (κ2) is 10.1. The SMILES string of the molecule is FC1=CC=C(c2nc(C3CNC(CCCc4ccccc4)CO3)n(-c3ncccn3)n2)CC1. The Morgan fingerprint density at radius 2 is 1.91 bits per heavy atom. The maximum Gasteiger partial charge on any atom is 0.252 e. The van der Waals surface area contributed by atoms with Crippen LogP contribution in [0.1, 0.15) is 49.0 Å². The van der Waals surface area contributed by atoms with Gasteiger partial charge in [0, 0.05) is 31.4 Å². The molecule has 0 bridgehead atoms. The molecule has 0 amide bonds. The molecule has 8 heteroatoms. The van der Waals surface area contributed by atoms with E-state index >= 15 is 0 Å². The van der Waals surface area contributed by atoms with Crippen molar-refractivity contribution in [2.24, 2.45) is 0 Å². The summed E-state index contributed by atoms with van der Waals surface area (Å²) in [5.41, 5.74) is 2.26. The van der Waals surface area contributed by atoms with Crippen LogP contribution in [0.15, 0.2) is 66.8 Å². The van der Waals surface area contributed by atoms with Gasteiger partial charge in [0.1, 0.15) is 11.9 Å². The highest BCUT2D eigenvalue weighted by Gasteiger charge is 2.29. The van der Waals surface area contributed by atoms with E-state index in [-0.39, 0.29) is 11.9 Å². The average molecular weight is 447 g/mol. The van der Waals surface area contributed by atoms with Gasteiger partial charge in [-0.15, -0.1) is 5.10 Å². The lowest BCUT2D eigenvalue weighted by Crippen LogP contribution is -2.43. The molecule has 0 spiro atoms. The molecule has 0 saturated carbocycles. The minimum atomic E-state index is -0.267. The molecule has 3 aromatic rings. The molecule has 3 heterocycles. The van der Waals surface area contributed by atoms with Crippen LogP contribution in [-0.2, 0) is 11.2 Å². The van der Waals surface area contributed by atoms with Crippen molar-refractivity contribution in [3.8, 4) is 5.95 Å². The van der Waals surface area contributed by atoms with Crippen molar-refractivity contribution >= 4 is 5.57 Å². The van der Waals surface area contributed by atoms with Gasteiger partial charge in [0.15, 0.2) is 11.6 Å². The van der Waals surface area contributed by atoms with Crippen LogP contribution in [-0.4, -0.2) is 43.9 Å². The van der Waals surface area contributed by atoms with Crippen LogP contribution in [0.25, 0.3) is 11.5 Å². The zero-order chi connectivity index (χ0) is 22.5. The predicted molar refractivity (Wildman–Crippen MR) is 123 cm³/mol. The number of benzene rings is 1. The van der Waals surface area contributed by atoms with Gasteiger partial charge in [-0.25, -0.2) is 19.3 Å². The Labute approximate surface area is 192 Å². The highest BCUT2D eigenvalue weighted by molar-refractivity contribution is 5.63. The third kappa shape index (κ3) is 5.23. The first-order valence-corrected chi connectivity index (χ1v) is 11.4. The van der Waals surface area contributed by atoms with Crippen LogP contribution in [0.4, 0.5) is 4.39 Å². The minimum Gasteiger partial charge on any atom is -0.367 e. The fourth-order valence-corrected chi connectivity index (χ4v) is 4.19. The molecule has 1 aliphatic carbocycles. The molecule has 1 fully saturated rings. The summed E-state index contributed by atoms with van der Waals surface area (Å²) in [6.07, 6.45) is 10.5. The fourth-order valence-electron chi connectivity index (χ4n) is 4.19. The molecule has 1 saturated heterocycles. The Kier molecular flexibility index (Phi) is 6.64. The Morgan fingerprint density at radius 1 is 1.06 bits per heavy atom. The number of hydrogen-bond donors (Lipinski definition) is 1. The van der Waals surface area contributed by atoms with Crippen molar-refractivity contribution in [1.82, 2.24) is 30.0 Å². The first-order valence-electron chi connectivity index (χ1n) is 11.4. The van der Waals surface area contributed by atoms with E-state index in [2.05, 4.69) is 44.6 Å². The first kappa shape index (κ1) is 21.6. The van der Waals surface area contributed by atoms with Crippen LogP contribution < -0.4 is 5.32 Å². The van der Waals surface area contributed by atoms with E-state index in [9.17, 15) is 4.39 Å². The van der Waals surface area contributed by atoms with Crippen LogP contribution in [0.5, 0.6) is 0 Å². The van der Waals surface area contributed by atoms with Crippen molar-refractivity contribution in [2.45, 2.75) is 44.2 Å². The topological polar surface area (TPSA) is 77.8 Å². The second-order valence-corrected chi connectivity index (χ2v) is 8.36. The highest BCUT2D eigenvalue weighted by Crippen LogP contribution is 2.28. The van der Waals surface area contributed by atoms with E-state index in [1.165, 1.54) is 11.6 Å². The number of hydrogen-bond acceptors (Lipinski definition) is 6. The molecule has 1 aliphatic heterocycles. The third-order valence-electron chi connectivity index (χ3n) is 6.00. The van der Waals surface area contributed by atoms with E-state index < -0.39 is 0 Å². The summed E-state index contributed by atoms with van der Waals surface area (Å²) < 4.78 is 21.3. The molecule has 1 aromatic carbocycles. The van der Waals surface area contributed by atoms with Gasteiger partial charge in [0.05, 0.1) is 6.61 Å². The Bertz CT molecular complexity index is 1120. The number of aromatic nitrogens is 5. The molecule has 2 unspecified atom stereocenters. The molecule has 170 valence electrons. The van der Waals surface area contributed by atoms with Gasteiger partial charge in [-0.1, -0.05) is 36.4 Å². The lowest BCUT2D eigenvalue weighted by Gasteiger charge is -2.29. The van der Waals surface area contributed by atoms with E-state index in [1.807, 2.05) is 6.07 Å². The number of rotatable bonds is 7. The summed E-state index contributed by atoms with van der Waals surface area (Å²) in [5.74, 6) is 1.54. The number of nitrogens with zero attached hydrogens (tertiary/aromatic N) is 5. The van der Waals surface area contributed by atoms with Crippen LogP contribution >= 0.6 is 0 Å². The van der Waals surface area contributed by atoms with Crippen LogP contribution in [0.3, 0.4) is 0 Å². The lowest BCUT2D eigenvalue weighted by molar-refractivity contribution is -0.00525. The lowest BCUT2D eigenvalue weighted by atomic mass is 10.0. The summed E-state index contributed by atoms with van der Waals surface area (Å²) in [4.78, 5) is 13.5. The Hall–Kier alpha value is -3.23. The number of morpholine rings is 1. The molecule has 0 radical (unpaired) electrons. The average Bonchev–Trinajstić information content (AvgIpc) is 3.32. The standard InChI is InChI=1S/C25H27FN6O/c26-20-12-10-19(11-13-20)23-30-24(32(31-23)25-27-14-5-15-28-25)22-16-29-21(17-33-22)9-4-8-18-6-2-1-3-7-18/h1-3,5-7,10,12,14-15,21-22,29H,4,8-9,11,13,16-17H2. The summed E-state index contributed by atoms with van der Waals surface area (Å²) in [6.45, 7) is 1.24. The maximum atomic E-state index is 13.5. The van der Waals surface area contributed by atoms with E-state index in [0.29, 0.717) is 49.6 Å². The summed E-state index contributed by atoms with van der Waals surface area (Å²) in [6, 6.07) is 12.6. The summed E-state index contributed by atoms with van der Waals surface area (Å²) in [7, 11) is 0. The molecule has 2 aromatic heterocycles. The van der Waals surface area contributed by atoms with E-state index in [0.717, 1.165) is 24.8 Å². The molecular formula is C25H27FN6O. The normalized spacial score (nSPS) is 20.9. The van der Waals surface area contributed by atoms with Crippen molar-refractivity contribution in [1.29, 1.82) is 0 Å². The Morgan fingerprint density at radius 3 is 2.64 bits per heavy atom. The molecule has 5 rings (SSSR count). The molecular weight excluding hydrogens is 419 g/mol. The number of ether oxygens (including phenoxy) is 1. The number of halogens is 1. The molecule has 33 heavy (non-hydrogen) atoms. The number of nitrogens with one attached hydrogen (secondary N) is 1. The van der Waals surface area contributed by atoms with Crippen LogP contribution in [0.2, 0.25) is 0 Å².